The number of benzene rings is 3. The number of anilines is 2. The van der Waals surface area contributed by atoms with Crippen molar-refractivity contribution in [2.24, 2.45) is 0 Å². The van der Waals surface area contributed by atoms with Crippen LogP contribution in [0.1, 0.15) is 25.3 Å². The standard InChI is InChI=1S/C24H25ClN2O5S/c1-16(2)17-4-6-18(7-5-17)26-24(28)15-32-23-13-12-21(14-22(23)25)33(29,30)27-19-8-10-20(31-3)11-9-19/h4-14,16,27H,15H2,1-3H3,(H,26,28). The van der Waals surface area contributed by atoms with E-state index in [0.717, 1.165) is 0 Å². The smallest absolute Gasteiger partial charge is 0.262 e. The predicted octanol–water partition coefficient (Wildman–Crippen LogP) is 5.29. The lowest BCUT2D eigenvalue weighted by Crippen LogP contribution is -2.20. The summed E-state index contributed by atoms with van der Waals surface area (Å²) in [4.78, 5) is 12.2. The highest BCUT2D eigenvalue weighted by Gasteiger charge is 2.17. The number of ether oxygens (including phenoxy) is 2. The average Bonchev–Trinajstić information content (AvgIpc) is 2.79. The van der Waals surface area contributed by atoms with Gasteiger partial charge in [0.2, 0.25) is 0 Å². The molecular formula is C24H25ClN2O5S. The summed E-state index contributed by atoms with van der Waals surface area (Å²) in [5.74, 6) is 0.851. The van der Waals surface area contributed by atoms with E-state index in [2.05, 4.69) is 23.9 Å². The normalized spacial score (nSPS) is 11.2. The second-order valence-electron chi connectivity index (χ2n) is 7.54. The number of nitrogens with one attached hydrogen (secondary N) is 2. The molecule has 0 aliphatic heterocycles. The molecule has 3 rings (SSSR count). The van der Waals surface area contributed by atoms with Crippen LogP contribution in [0, 0.1) is 0 Å². The van der Waals surface area contributed by atoms with Crippen molar-refractivity contribution >= 4 is 38.9 Å². The van der Waals surface area contributed by atoms with Gasteiger partial charge in [-0.15, -0.1) is 0 Å². The molecule has 7 nitrogen and oxygen atoms in total. The van der Waals surface area contributed by atoms with E-state index in [1.807, 2.05) is 24.3 Å². The van der Waals surface area contributed by atoms with Crippen LogP contribution >= 0.6 is 11.6 Å². The highest BCUT2D eigenvalue weighted by Crippen LogP contribution is 2.28. The summed E-state index contributed by atoms with van der Waals surface area (Å²) in [7, 11) is -2.34. The zero-order valence-corrected chi connectivity index (χ0v) is 20.0. The molecule has 0 saturated heterocycles. The lowest BCUT2D eigenvalue weighted by Gasteiger charge is -2.12. The molecular weight excluding hydrogens is 464 g/mol. The summed E-state index contributed by atoms with van der Waals surface area (Å²) in [6, 6.07) is 18.1. The fraction of sp³-hybridized carbons (Fsp3) is 0.208. The molecule has 0 aliphatic carbocycles. The molecule has 0 aromatic heterocycles. The minimum Gasteiger partial charge on any atom is -0.497 e. The van der Waals surface area contributed by atoms with Crippen LogP contribution in [0.15, 0.2) is 71.6 Å². The Kier molecular flexibility index (Phi) is 7.84. The molecule has 0 fully saturated rings. The molecule has 9 heteroatoms. The Morgan fingerprint density at radius 2 is 1.61 bits per heavy atom. The Balaban J connectivity index is 1.60. The number of carbonyl (C=O) groups is 1. The molecule has 3 aromatic rings. The maximum absolute atomic E-state index is 12.6. The van der Waals surface area contributed by atoms with Crippen molar-refractivity contribution in [3.8, 4) is 11.5 Å². The number of hydrogen-bond acceptors (Lipinski definition) is 5. The highest BCUT2D eigenvalue weighted by atomic mass is 35.5. The van der Waals surface area contributed by atoms with Crippen LogP contribution in [0.4, 0.5) is 11.4 Å². The van der Waals surface area contributed by atoms with Crippen molar-refractivity contribution in [2.45, 2.75) is 24.7 Å². The summed E-state index contributed by atoms with van der Waals surface area (Å²) in [5, 5.41) is 2.82. The summed E-state index contributed by atoms with van der Waals surface area (Å²) in [5.41, 5.74) is 2.21. The Bertz CT molecular complexity index is 1210. The van der Waals surface area contributed by atoms with Gasteiger partial charge in [-0.05, 0) is 66.1 Å². The largest absolute Gasteiger partial charge is 0.497 e. The van der Waals surface area contributed by atoms with Crippen molar-refractivity contribution in [2.75, 3.05) is 23.8 Å². The van der Waals surface area contributed by atoms with Gasteiger partial charge in [-0.1, -0.05) is 37.6 Å². The molecule has 0 aliphatic rings. The summed E-state index contributed by atoms with van der Waals surface area (Å²) >= 11 is 6.20. The highest BCUT2D eigenvalue weighted by molar-refractivity contribution is 7.92. The van der Waals surface area contributed by atoms with Crippen LogP contribution in [-0.2, 0) is 14.8 Å². The summed E-state index contributed by atoms with van der Waals surface area (Å²) < 4.78 is 38.3. The number of rotatable bonds is 9. The van der Waals surface area contributed by atoms with Crippen molar-refractivity contribution < 1.29 is 22.7 Å². The summed E-state index contributed by atoms with van der Waals surface area (Å²) in [6.07, 6.45) is 0. The van der Waals surface area contributed by atoms with Gasteiger partial charge in [0.1, 0.15) is 11.5 Å². The molecule has 0 spiro atoms. The lowest BCUT2D eigenvalue weighted by atomic mass is 10.0. The van der Waals surface area contributed by atoms with Crippen LogP contribution < -0.4 is 19.5 Å². The molecule has 1 amide bonds. The predicted molar refractivity (Wildman–Crippen MR) is 130 cm³/mol. The van der Waals surface area contributed by atoms with Gasteiger partial charge in [0.25, 0.3) is 15.9 Å². The second-order valence-corrected chi connectivity index (χ2v) is 9.63. The number of halogens is 1. The maximum Gasteiger partial charge on any atom is 0.262 e. The fourth-order valence-corrected chi connectivity index (χ4v) is 4.31. The van der Waals surface area contributed by atoms with Crippen LogP contribution in [0.3, 0.4) is 0 Å². The molecule has 0 heterocycles. The molecule has 0 atom stereocenters. The van der Waals surface area contributed by atoms with E-state index in [1.54, 1.807) is 24.3 Å². The minimum absolute atomic E-state index is 0.0367. The monoisotopic (exact) mass is 488 g/mol. The van der Waals surface area contributed by atoms with Gasteiger partial charge in [-0.25, -0.2) is 8.42 Å². The van der Waals surface area contributed by atoms with Crippen molar-refractivity contribution in [3.05, 3.63) is 77.3 Å². The van der Waals surface area contributed by atoms with Crippen molar-refractivity contribution in [1.82, 2.24) is 0 Å². The molecule has 2 N–H and O–H groups in total. The maximum atomic E-state index is 12.6. The SMILES string of the molecule is COc1ccc(NS(=O)(=O)c2ccc(OCC(=O)Nc3ccc(C(C)C)cc3)c(Cl)c2)cc1. The third kappa shape index (κ3) is 6.63. The van der Waals surface area contributed by atoms with E-state index < -0.39 is 10.0 Å². The van der Waals surface area contributed by atoms with E-state index in [0.29, 0.717) is 23.0 Å². The van der Waals surface area contributed by atoms with Gasteiger partial charge in [-0.2, -0.15) is 0 Å². The Hall–Kier alpha value is -3.23. The van der Waals surface area contributed by atoms with Gasteiger partial charge in [0.05, 0.1) is 17.0 Å². The molecule has 0 saturated carbocycles. The Morgan fingerprint density at radius 3 is 2.18 bits per heavy atom. The first-order chi connectivity index (χ1) is 15.7. The second kappa shape index (κ2) is 10.6. The molecule has 3 aromatic carbocycles. The number of amides is 1. The van der Waals surface area contributed by atoms with Crippen LogP contribution in [-0.4, -0.2) is 28.0 Å². The minimum atomic E-state index is -3.86. The number of hydrogen-bond donors (Lipinski definition) is 2. The first-order valence-corrected chi connectivity index (χ1v) is 12.0. The van der Waals surface area contributed by atoms with E-state index in [1.165, 1.54) is 30.9 Å². The van der Waals surface area contributed by atoms with Crippen molar-refractivity contribution in [3.63, 3.8) is 0 Å². The van der Waals surface area contributed by atoms with Gasteiger partial charge in [0, 0.05) is 11.4 Å². The zero-order valence-electron chi connectivity index (χ0n) is 18.5. The average molecular weight is 489 g/mol. The van der Waals surface area contributed by atoms with E-state index in [4.69, 9.17) is 21.1 Å². The molecule has 0 unspecified atom stereocenters. The van der Waals surface area contributed by atoms with Gasteiger partial charge in [-0.3, -0.25) is 9.52 Å². The topological polar surface area (TPSA) is 93.7 Å². The fourth-order valence-electron chi connectivity index (χ4n) is 2.93. The molecule has 174 valence electrons. The van der Waals surface area contributed by atoms with E-state index >= 15 is 0 Å². The third-order valence-electron chi connectivity index (χ3n) is 4.78. The van der Waals surface area contributed by atoms with Crippen LogP contribution in [0.25, 0.3) is 0 Å². The lowest BCUT2D eigenvalue weighted by molar-refractivity contribution is -0.118. The Morgan fingerprint density at radius 1 is 0.970 bits per heavy atom. The number of methoxy groups -OCH3 is 1. The Labute approximate surface area is 198 Å². The molecule has 33 heavy (non-hydrogen) atoms. The number of carbonyl (C=O) groups excluding carboxylic acids is 1. The summed E-state index contributed by atoms with van der Waals surface area (Å²) in [6.45, 7) is 3.91. The van der Waals surface area contributed by atoms with E-state index in [-0.39, 0.29) is 28.2 Å². The van der Waals surface area contributed by atoms with Crippen LogP contribution in [0.2, 0.25) is 5.02 Å². The molecule has 0 bridgehead atoms. The van der Waals surface area contributed by atoms with Gasteiger partial charge in [0.15, 0.2) is 6.61 Å². The van der Waals surface area contributed by atoms with Crippen molar-refractivity contribution in [1.29, 1.82) is 0 Å². The van der Waals surface area contributed by atoms with Crippen LogP contribution in [0.5, 0.6) is 11.5 Å². The van der Waals surface area contributed by atoms with E-state index in [9.17, 15) is 13.2 Å². The quantitative estimate of drug-likeness (QED) is 0.427. The first-order valence-electron chi connectivity index (χ1n) is 10.2. The molecule has 0 radical (unpaired) electrons. The first kappa shape index (κ1) is 24.4. The number of sulfonamides is 1. The zero-order chi connectivity index (χ0) is 24.0. The van der Waals surface area contributed by atoms with Gasteiger partial charge < -0.3 is 14.8 Å². The third-order valence-corrected chi connectivity index (χ3v) is 6.45. The van der Waals surface area contributed by atoms with Gasteiger partial charge >= 0.3 is 0 Å².